The molecule has 1 aliphatic rings. The number of ether oxygens (including phenoxy) is 2. The van der Waals surface area contributed by atoms with E-state index in [0.717, 1.165) is 11.3 Å². The third kappa shape index (κ3) is 2.49. The van der Waals surface area contributed by atoms with Crippen LogP contribution in [0.5, 0.6) is 0 Å². The smallest absolute Gasteiger partial charge is 0.350 e. The van der Waals surface area contributed by atoms with E-state index in [4.69, 9.17) is 16.2 Å². The van der Waals surface area contributed by atoms with E-state index in [0.29, 0.717) is 31.3 Å². The first-order valence-corrected chi connectivity index (χ1v) is 6.51. The largest absolute Gasteiger partial charge is 0.465 e. The van der Waals surface area contributed by atoms with E-state index in [2.05, 4.69) is 4.74 Å². The molecule has 19 heavy (non-hydrogen) atoms. The SMILES string of the molecule is COC(=O)c1sc(N2CCOCC2)c(C(N)=O)c1N. The molecular formula is C11H15N3O4S. The molecule has 0 aromatic carbocycles. The van der Waals surface area contributed by atoms with Gasteiger partial charge in [0.1, 0.15) is 9.88 Å². The number of esters is 1. The predicted octanol–water partition coefficient (Wildman–Crippen LogP) is 0.0524. The summed E-state index contributed by atoms with van der Waals surface area (Å²) in [4.78, 5) is 25.3. The molecule has 2 heterocycles. The van der Waals surface area contributed by atoms with Crippen molar-refractivity contribution in [2.24, 2.45) is 5.73 Å². The summed E-state index contributed by atoms with van der Waals surface area (Å²) in [6.07, 6.45) is 0. The van der Waals surface area contributed by atoms with Gasteiger partial charge in [0.15, 0.2) is 0 Å². The first kappa shape index (κ1) is 13.6. The Balaban J connectivity index is 2.46. The molecule has 8 heteroatoms. The normalized spacial score (nSPS) is 15.3. The molecule has 1 aromatic rings. The van der Waals surface area contributed by atoms with Crippen LogP contribution < -0.4 is 16.4 Å². The van der Waals surface area contributed by atoms with Crippen molar-refractivity contribution in [3.8, 4) is 0 Å². The lowest BCUT2D eigenvalue weighted by molar-refractivity contribution is 0.0607. The quantitative estimate of drug-likeness (QED) is 0.760. The summed E-state index contributed by atoms with van der Waals surface area (Å²) in [5, 5.41) is 0.605. The maximum atomic E-state index is 11.6. The molecule has 4 N–H and O–H groups in total. The number of rotatable bonds is 3. The van der Waals surface area contributed by atoms with E-state index >= 15 is 0 Å². The highest BCUT2D eigenvalue weighted by molar-refractivity contribution is 7.19. The molecule has 1 aromatic heterocycles. The van der Waals surface area contributed by atoms with Gasteiger partial charge in [-0.3, -0.25) is 4.79 Å². The molecule has 1 amide bonds. The summed E-state index contributed by atoms with van der Waals surface area (Å²) in [5.41, 5.74) is 11.5. The Morgan fingerprint density at radius 2 is 2.00 bits per heavy atom. The zero-order valence-corrected chi connectivity index (χ0v) is 11.3. The molecule has 0 radical (unpaired) electrons. The maximum Gasteiger partial charge on any atom is 0.350 e. The Bertz CT molecular complexity index is 508. The molecule has 1 fully saturated rings. The van der Waals surface area contributed by atoms with Crippen LogP contribution in [0, 0.1) is 0 Å². The van der Waals surface area contributed by atoms with Crippen LogP contribution >= 0.6 is 11.3 Å². The van der Waals surface area contributed by atoms with Crippen molar-refractivity contribution in [2.45, 2.75) is 0 Å². The average Bonchev–Trinajstić information content (AvgIpc) is 2.76. The van der Waals surface area contributed by atoms with E-state index in [1.54, 1.807) is 0 Å². The highest BCUT2D eigenvalue weighted by Gasteiger charge is 2.28. The van der Waals surface area contributed by atoms with E-state index in [1.165, 1.54) is 7.11 Å². The van der Waals surface area contributed by atoms with Gasteiger partial charge in [0, 0.05) is 13.1 Å². The molecule has 0 saturated carbocycles. The van der Waals surface area contributed by atoms with Crippen LogP contribution in [0.3, 0.4) is 0 Å². The van der Waals surface area contributed by atoms with Crippen molar-refractivity contribution in [3.05, 3.63) is 10.4 Å². The third-order valence-corrected chi connectivity index (χ3v) is 4.09. The number of methoxy groups -OCH3 is 1. The average molecular weight is 285 g/mol. The van der Waals surface area contributed by atoms with Gasteiger partial charge in [-0.1, -0.05) is 0 Å². The number of hydrogen-bond donors (Lipinski definition) is 2. The van der Waals surface area contributed by atoms with Gasteiger partial charge in [-0.25, -0.2) is 4.79 Å². The molecule has 0 atom stereocenters. The predicted molar refractivity (Wildman–Crippen MR) is 71.6 cm³/mol. The number of primary amides is 1. The minimum Gasteiger partial charge on any atom is -0.465 e. The van der Waals surface area contributed by atoms with E-state index in [-0.39, 0.29) is 16.1 Å². The van der Waals surface area contributed by atoms with Crippen molar-refractivity contribution in [1.29, 1.82) is 0 Å². The third-order valence-electron chi connectivity index (χ3n) is 2.84. The second kappa shape index (κ2) is 5.45. The monoisotopic (exact) mass is 285 g/mol. The van der Waals surface area contributed by atoms with E-state index in [1.807, 2.05) is 4.90 Å². The number of hydrogen-bond acceptors (Lipinski definition) is 7. The Hall–Kier alpha value is -1.80. The second-order valence-electron chi connectivity index (χ2n) is 3.98. The van der Waals surface area contributed by atoms with Crippen molar-refractivity contribution >= 4 is 33.9 Å². The molecule has 1 aliphatic heterocycles. The molecule has 7 nitrogen and oxygen atoms in total. The molecule has 1 saturated heterocycles. The van der Waals surface area contributed by atoms with Crippen LogP contribution in [0.1, 0.15) is 20.0 Å². The number of nitrogens with two attached hydrogens (primary N) is 2. The number of carbonyl (C=O) groups is 2. The van der Waals surface area contributed by atoms with Crippen LogP contribution in [0.25, 0.3) is 0 Å². The van der Waals surface area contributed by atoms with Gasteiger partial charge in [0.25, 0.3) is 5.91 Å². The number of nitrogen functional groups attached to an aromatic ring is 1. The highest BCUT2D eigenvalue weighted by Crippen LogP contribution is 2.38. The van der Waals surface area contributed by atoms with Gasteiger partial charge < -0.3 is 25.8 Å². The standard InChI is InChI=1S/C11H15N3O4S/c1-17-11(16)8-7(12)6(9(13)15)10(19-8)14-2-4-18-5-3-14/h2-5,12H2,1H3,(H2,13,15). The fourth-order valence-electron chi connectivity index (χ4n) is 1.90. The van der Waals surface area contributed by atoms with Crippen LogP contribution in [-0.4, -0.2) is 45.3 Å². The van der Waals surface area contributed by atoms with Gasteiger partial charge in [-0.15, -0.1) is 11.3 Å². The number of morpholine rings is 1. The summed E-state index contributed by atoms with van der Waals surface area (Å²) in [7, 11) is 1.26. The first-order valence-electron chi connectivity index (χ1n) is 5.69. The Morgan fingerprint density at radius 1 is 1.37 bits per heavy atom. The van der Waals surface area contributed by atoms with Gasteiger partial charge in [-0.2, -0.15) is 0 Å². The fourth-order valence-corrected chi connectivity index (χ4v) is 3.10. The topological polar surface area (TPSA) is 108 Å². The second-order valence-corrected chi connectivity index (χ2v) is 4.98. The van der Waals surface area contributed by atoms with Crippen LogP contribution in [0.2, 0.25) is 0 Å². The summed E-state index contributed by atoms with van der Waals surface area (Å²) in [6.45, 7) is 2.37. The Labute approximate surface area is 114 Å². The lowest BCUT2D eigenvalue weighted by Gasteiger charge is -2.28. The summed E-state index contributed by atoms with van der Waals surface area (Å²) < 4.78 is 9.90. The van der Waals surface area contributed by atoms with Crippen molar-refractivity contribution in [1.82, 2.24) is 0 Å². The summed E-state index contributed by atoms with van der Waals surface area (Å²) in [5.74, 6) is -1.21. The Morgan fingerprint density at radius 3 is 2.53 bits per heavy atom. The summed E-state index contributed by atoms with van der Waals surface area (Å²) in [6, 6.07) is 0. The fraction of sp³-hybridized carbons (Fsp3) is 0.455. The molecule has 0 aliphatic carbocycles. The zero-order valence-electron chi connectivity index (χ0n) is 10.5. The first-order chi connectivity index (χ1) is 9.06. The zero-order chi connectivity index (χ0) is 14.0. The lowest BCUT2D eigenvalue weighted by atomic mass is 10.2. The Kier molecular flexibility index (Phi) is 3.91. The number of thiophene rings is 1. The van der Waals surface area contributed by atoms with Crippen LogP contribution in [0.15, 0.2) is 0 Å². The van der Waals surface area contributed by atoms with E-state index < -0.39 is 11.9 Å². The minimum absolute atomic E-state index is 0.0887. The molecular weight excluding hydrogens is 270 g/mol. The maximum absolute atomic E-state index is 11.6. The molecule has 0 bridgehead atoms. The van der Waals surface area contributed by atoms with Crippen molar-refractivity contribution in [2.75, 3.05) is 44.0 Å². The minimum atomic E-state index is -0.648. The number of anilines is 2. The number of amides is 1. The van der Waals surface area contributed by atoms with Crippen LogP contribution in [-0.2, 0) is 9.47 Å². The van der Waals surface area contributed by atoms with Crippen molar-refractivity contribution < 1.29 is 19.1 Å². The highest BCUT2D eigenvalue weighted by atomic mass is 32.1. The molecule has 104 valence electrons. The van der Waals surface area contributed by atoms with Crippen LogP contribution in [0.4, 0.5) is 10.7 Å². The van der Waals surface area contributed by atoms with Gasteiger partial charge in [0.2, 0.25) is 0 Å². The van der Waals surface area contributed by atoms with Crippen molar-refractivity contribution in [3.63, 3.8) is 0 Å². The molecule has 2 rings (SSSR count). The number of carbonyl (C=O) groups excluding carboxylic acids is 2. The van der Waals surface area contributed by atoms with Gasteiger partial charge in [0.05, 0.1) is 31.6 Å². The lowest BCUT2D eigenvalue weighted by Crippen LogP contribution is -2.36. The van der Waals surface area contributed by atoms with Gasteiger partial charge >= 0.3 is 5.97 Å². The van der Waals surface area contributed by atoms with E-state index in [9.17, 15) is 9.59 Å². The number of nitrogens with zero attached hydrogens (tertiary/aromatic N) is 1. The molecule has 0 spiro atoms. The summed E-state index contributed by atoms with van der Waals surface area (Å²) >= 11 is 1.12. The van der Waals surface area contributed by atoms with Gasteiger partial charge in [-0.05, 0) is 0 Å². The molecule has 0 unspecified atom stereocenters.